The molecule has 1 heterocycles. The average molecular weight is 453 g/mol. The van der Waals surface area contributed by atoms with E-state index in [-0.39, 0.29) is 17.2 Å². The molecular formula is C24H21ClN2O3S. The standard InChI is InChI=1S/C24H21ClN2O3S/c1-15-10-11-21(30-2)20(12-15)27-22(28)14-31-24(27)18-8-3-4-9-19(18)26-23(29)16-6-5-7-17(25)13-16/h3-13,24H,14H2,1-2H3,(H,26,29)/t24-/m0/s1. The number of anilines is 2. The zero-order chi connectivity index (χ0) is 22.0. The van der Waals surface area contributed by atoms with Gasteiger partial charge in [0, 0.05) is 21.8 Å². The number of thioether (sulfide) groups is 1. The molecule has 1 aliphatic rings. The maximum Gasteiger partial charge on any atom is 0.255 e. The Morgan fingerprint density at radius 2 is 1.94 bits per heavy atom. The number of ether oxygens (including phenoxy) is 1. The van der Waals surface area contributed by atoms with Gasteiger partial charge >= 0.3 is 0 Å². The number of rotatable bonds is 5. The summed E-state index contributed by atoms with van der Waals surface area (Å²) in [7, 11) is 1.59. The van der Waals surface area contributed by atoms with E-state index in [0.29, 0.717) is 27.8 Å². The van der Waals surface area contributed by atoms with E-state index in [2.05, 4.69) is 5.32 Å². The third-order valence-electron chi connectivity index (χ3n) is 5.02. The zero-order valence-electron chi connectivity index (χ0n) is 17.1. The van der Waals surface area contributed by atoms with Crippen molar-refractivity contribution in [2.24, 2.45) is 0 Å². The summed E-state index contributed by atoms with van der Waals surface area (Å²) in [5.41, 5.74) is 3.71. The molecule has 0 unspecified atom stereocenters. The number of para-hydroxylation sites is 1. The van der Waals surface area contributed by atoms with Gasteiger partial charge < -0.3 is 10.1 Å². The van der Waals surface area contributed by atoms with Crippen molar-refractivity contribution in [2.45, 2.75) is 12.3 Å². The SMILES string of the molecule is COc1ccc(C)cc1N1C(=O)CS[C@H]1c1ccccc1NC(=O)c1cccc(Cl)c1. The molecule has 5 nitrogen and oxygen atoms in total. The van der Waals surface area contributed by atoms with Crippen LogP contribution < -0.4 is 15.0 Å². The molecular weight excluding hydrogens is 432 g/mol. The van der Waals surface area contributed by atoms with Crippen LogP contribution in [0.15, 0.2) is 66.7 Å². The van der Waals surface area contributed by atoms with Crippen LogP contribution in [0.4, 0.5) is 11.4 Å². The molecule has 0 bridgehead atoms. The van der Waals surface area contributed by atoms with Crippen LogP contribution in [0.1, 0.15) is 26.9 Å². The van der Waals surface area contributed by atoms with Crippen molar-refractivity contribution in [3.05, 3.63) is 88.4 Å². The van der Waals surface area contributed by atoms with Gasteiger partial charge in [0.2, 0.25) is 5.91 Å². The van der Waals surface area contributed by atoms with Gasteiger partial charge in [0.05, 0.1) is 18.6 Å². The summed E-state index contributed by atoms with van der Waals surface area (Å²) in [4.78, 5) is 27.4. The summed E-state index contributed by atoms with van der Waals surface area (Å²) in [5, 5.41) is 3.18. The molecule has 7 heteroatoms. The second-order valence-electron chi connectivity index (χ2n) is 7.15. The first-order valence-corrected chi connectivity index (χ1v) is 11.1. The smallest absolute Gasteiger partial charge is 0.255 e. The summed E-state index contributed by atoms with van der Waals surface area (Å²) in [5.74, 6) is 0.712. The normalized spacial score (nSPS) is 15.8. The van der Waals surface area contributed by atoms with Crippen LogP contribution in [-0.4, -0.2) is 24.7 Å². The molecule has 1 saturated heterocycles. The average Bonchev–Trinajstić information content (AvgIpc) is 3.15. The summed E-state index contributed by atoms with van der Waals surface area (Å²) in [6.07, 6.45) is 0. The number of benzene rings is 3. The second kappa shape index (κ2) is 9.04. The van der Waals surface area contributed by atoms with Crippen LogP contribution >= 0.6 is 23.4 Å². The third-order valence-corrected chi connectivity index (χ3v) is 6.45. The van der Waals surface area contributed by atoms with Gasteiger partial charge in [-0.25, -0.2) is 0 Å². The van der Waals surface area contributed by atoms with Gasteiger partial charge in [-0.05, 0) is 48.9 Å². The largest absolute Gasteiger partial charge is 0.495 e. The predicted molar refractivity (Wildman–Crippen MR) is 126 cm³/mol. The fourth-order valence-electron chi connectivity index (χ4n) is 3.55. The van der Waals surface area contributed by atoms with Crippen molar-refractivity contribution < 1.29 is 14.3 Å². The van der Waals surface area contributed by atoms with E-state index in [0.717, 1.165) is 16.8 Å². The van der Waals surface area contributed by atoms with Crippen molar-refractivity contribution in [1.82, 2.24) is 0 Å². The number of aryl methyl sites for hydroxylation is 1. The van der Waals surface area contributed by atoms with Gasteiger partial charge in [0.15, 0.2) is 0 Å². The molecule has 2 amide bonds. The lowest BCUT2D eigenvalue weighted by Gasteiger charge is -2.27. The minimum absolute atomic E-state index is 0.00475. The number of hydrogen-bond acceptors (Lipinski definition) is 4. The molecule has 1 atom stereocenters. The predicted octanol–water partition coefficient (Wildman–Crippen LogP) is 5.69. The summed E-state index contributed by atoms with van der Waals surface area (Å²) in [6, 6.07) is 20.1. The Kier molecular flexibility index (Phi) is 6.20. The van der Waals surface area contributed by atoms with Crippen LogP contribution in [0.2, 0.25) is 5.02 Å². The van der Waals surface area contributed by atoms with E-state index >= 15 is 0 Å². The number of carbonyl (C=O) groups is 2. The van der Waals surface area contributed by atoms with Crippen molar-refractivity contribution in [1.29, 1.82) is 0 Å². The second-order valence-corrected chi connectivity index (χ2v) is 8.66. The molecule has 1 fully saturated rings. The molecule has 1 N–H and O–H groups in total. The van der Waals surface area contributed by atoms with E-state index in [4.69, 9.17) is 16.3 Å². The molecule has 0 aromatic heterocycles. The van der Waals surface area contributed by atoms with Crippen molar-refractivity contribution in [3.8, 4) is 5.75 Å². The molecule has 0 saturated carbocycles. The molecule has 3 aromatic carbocycles. The number of nitrogens with one attached hydrogen (secondary N) is 1. The van der Waals surface area contributed by atoms with Crippen molar-refractivity contribution in [2.75, 3.05) is 23.1 Å². The lowest BCUT2D eigenvalue weighted by Crippen LogP contribution is -2.29. The van der Waals surface area contributed by atoms with Gasteiger partial charge in [-0.2, -0.15) is 0 Å². The van der Waals surface area contributed by atoms with Crippen LogP contribution in [0, 0.1) is 6.92 Å². The van der Waals surface area contributed by atoms with Crippen LogP contribution in [0.25, 0.3) is 0 Å². The van der Waals surface area contributed by atoms with E-state index in [1.165, 1.54) is 11.8 Å². The van der Waals surface area contributed by atoms with Crippen molar-refractivity contribution in [3.63, 3.8) is 0 Å². The summed E-state index contributed by atoms with van der Waals surface area (Å²) in [6.45, 7) is 1.98. The first-order chi connectivity index (χ1) is 15.0. The number of nitrogens with zero attached hydrogens (tertiary/aromatic N) is 1. The summed E-state index contributed by atoms with van der Waals surface area (Å²) >= 11 is 7.55. The maximum absolute atomic E-state index is 12.9. The van der Waals surface area contributed by atoms with Crippen LogP contribution in [-0.2, 0) is 4.79 Å². The molecule has 0 radical (unpaired) electrons. The van der Waals surface area contributed by atoms with E-state index in [1.807, 2.05) is 49.4 Å². The Morgan fingerprint density at radius 1 is 1.13 bits per heavy atom. The van der Waals surface area contributed by atoms with Crippen molar-refractivity contribution >= 4 is 46.6 Å². The lowest BCUT2D eigenvalue weighted by atomic mass is 10.1. The molecule has 0 aliphatic carbocycles. The Bertz CT molecular complexity index is 1150. The minimum Gasteiger partial charge on any atom is -0.495 e. The van der Waals surface area contributed by atoms with Gasteiger partial charge in [0.1, 0.15) is 11.1 Å². The molecule has 1 aliphatic heterocycles. The monoisotopic (exact) mass is 452 g/mol. The van der Waals surface area contributed by atoms with Gasteiger partial charge in [-0.1, -0.05) is 41.9 Å². The quantitative estimate of drug-likeness (QED) is 0.540. The Morgan fingerprint density at radius 3 is 2.71 bits per heavy atom. The summed E-state index contributed by atoms with van der Waals surface area (Å²) < 4.78 is 5.52. The molecule has 4 rings (SSSR count). The van der Waals surface area contributed by atoms with Gasteiger partial charge in [-0.15, -0.1) is 11.8 Å². The highest BCUT2D eigenvalue weighted by Crippen LogP contribution is 2.46. The topological polar surface area (TPSA) is 58.6 Å². The number of halogens is 1. The van der Waals surface area contributed by atoms with Crippen LogP contribution in [0.5, 0.6) is 5.75 Å². The number of hydrogen-bond donors (Lipinski definition) is 1. The Balaban J connectivity index is 1.70. The zero-order valence-corrected chi connectivity index (χ0v) is 18.7. The number of methoxy groups -OCH3 is 1. The first kappa shape index (κ1) is 21.3. The fourth-order valence-corrected chi connectivity index (χ4v) is 4.95. The minimum atomic E-state index is -0.293. The van der Waals surface area contributed by atoms with E-state index in [9.17, 15) is 9.59 Å². The van der Waals surface area contributed by atoms with Gasteiger partial charge in [-0.3, -0.25) is 14.5 Å². The van der Waals surface area contributed by atoms with Crippen LogP contribution in [0.3, 0.4) is 0 Å². The lowest BCUT2D eigenvalue weighted by molar-refractivity contribution is -0.115. The van der Waals surface area contributed by atoms with E-state index in [1.54, 1.807) is 36.3 Å². The highest BCUT2D eigenvalue weighted by atomic mass is 35.5. The Labute approximate surface area is 190 Å². The van der Waals surface area contributed by atoms with Gasteiger partial charge in [0.25, 0.3) is 5.91 Å². The fraction of sp³-hybridized carbons (Fsp3) is 0.167. The molecule has 158 valence electrons. The van der Waals surface area contributed by atoms with E-state index < -0.39 is 0 Å². The first-order valence-electron chi connectivity index (χ1n) is 9.72. The number of amides is 2. The maximum atomic E-state index is 12.9. The Hall–Kier alpha value is -2.96. The molecule has 3 aromatic rings. The molecule has 31 heavy (non-hydrogen) atoms. The highest BCUT2D eigenvalue weighted by Gasteiger charge is 2.37. The molecule has 0 spiro atoms. The number of carbonyl (C=O) groups excluding carboxylic acids is 2. The third kappa shape index (κ3) is 4.40. The highest BCUT2D eigenvalue weighted by molar-refractivity contribution is 8.00.